The number of aryl methyl sites for hydroxylation is 2. The predicted octanol–water partition coefficient (Wildman–Crippen LogP) is 4.14. The summed E-state index contributed by atoms with van der Waals surface area (Å²) in [6, 6.07) is 13.7. The standard InChI is InChI=1S/C24H26N2O4/c1-15-10-16(2)20-12-22(25-21(20)11-15)24(28)30-14-23(27)26(18-6-7-18)13-17-4-8-19(29-3)9-5-17/h4-5,8-12,18,25H,6-7,13-14H2,1-3H3. The first kappa shape index (κ1) is 20.0. The molecule has 0 radical (unpaired) electrons. The molecule has 1 aliphatic carbocycles. The van der Waals surface area contributed by atoms with Gasteiger partial charge >= 0.3 is 5.97 Å². The zero-order chi connectivity index (χ0) is 21.3. The van der Waals surface area contributed by atoms with E-state index in [4.69, 9.17) is 9.47 Å². The van der Waals surface area contributed by atoms with Gasteiger partial charge in [0.05, 0.1) is 7.11 Å². The fourth-order valence-corrected chi connectivity index (χ4v) is 3.73. The fraction of sp³-hybridized carbons (Fsp3) is 0.333. The van der Waals surface area contributed by atoms with E-state index in [2.05, 4.69) is 11.1 Å². The number of ether oxygens (including phenoxy) is 2. The van der Waals surface area contributed by atoms with Crippen molar-refractivity contribution in [3.63, 3.8) is 0 Å². The van der Waals surface area contributed by atoms with E-state index in [1.807, 2.05) is 44.2 Å². The number of amides is 1. The number of methoxy groups -OCH3 is 1. The molecule has 1 saturated carbocycles. The van der Waals surface area contributed by atoms with E-state index in [1.54, 1.807) is 18.1 Å². The summed E-state index contributed by atoms with van der Waals surface area (Å²) >= 11 is 0. The smallest absolute Gasteiger partial charge is 0.355 e. The topological polar surface area (TPSA) is 71.6 Å². The van der Waals surface area contributed by atoms with Crippen molar-refractivity contribution in [2.75, 3.05) is 13.7 Å². The Bertz CT molecular complexity index is 1080. The SMILES string of the molecule is COc1ccc(CN(C(=O)COC(=O)c2cc3c(C)cc(C)cc3[nH]2)C2CC2)cc1. The summed E-state index contributed by atoms with van der Waals surface area (Å²) < 4.78 is 10.5. The van der Waals surface area contributed by atoms with Crippen LogP contribution in [-0.4, -0.2) is 41.5 Å². The van der Waals surface area contributed by atoms with Crippen molar-refractivity contribution >= 4 is 22.8 Å². The van der Waals surface area contributed by atoms with Crippen LogP contribution in [0.25, 0.3) is 10.9 Å². The number of carbonyl (C=O) groups is 2. The second-order valence-electron chi connectivity index (χ2n) is 7.90. The third-order valence-corrected chi connectivity index (χ3v) is 5.46. The van der Waals surface area contributed by atoms with Crippen molar-refractivity contribution in [1.82, 2.24) is 9.88 Å². The van der Waals surface area contributed by atoms with Gasteiger partial charge in [-0.1, -0.05) is 18.2 Å². The molecule has 1 amide bonds. The number of carbonyl (C=O) groups excluding carboxylic acids is 2. The molecule has 1 aromatic heterocycles. The van der Waals surface area contributed by atoms with Crippen molar-refractivity contribution in [3.05, 3.63) is 64.8 Å². The van der Waals surface area contributed by atoms with E-state index < -0.39 is 5.97 Å². The van der Waals surface area contributed by atoms with Crippen LogP contribution in [0, 0.1) is 13.8 Å². The van der Waals surface area contributed by atoms with E-state index in [-0.39, 0.29) is 18.6 Å². The maximum Gasteiger partial charge on any atom is 0.355 e. The van der Waals surface area contributed by atoms with Gasteiger partial charge in [-0.2, -0.15) is 0 Å². The summed E-state index contributed by atoms with van der Waals surface area (Å²) in [6.07, 6.45) is 1.97. The van der Waals surface area contributed by atoms with E-state index in [0.717, 1.165) is 46.2 Å². The van der Waals surface area contributed by atoms with E-state index >= 15 is 0 Å². The Morgan fingerprint density at radius 1 is 1.10 bits per heavy atom. The van der Waals surface area contributed by atoms with Gasteiger partial charge in [-0.25, -0.2) is 4.79 Å². The van der Waals surface area contributed by atoms with E-state index in [0.29, 0.717) is 12.2 Å². The lowest BCUT2D eigenvalue weighted by Crippen LogP contribution is -2.36. The number of hydrogen-bond donors (Lipinski definition) is 1. The number of benzene rings is 2. The molecule has 1 N–H and O–H groups in total. The van der Waals surface area contributed by atoms with Crippen molar-refractivity contribution in [1.29, 1.82) is 0 Å². The minimum absolute atomic E-state index is 0.176. The molecular formula is C24H26N2O4. The maximum absolute atomic E-state index is 12.8. The van der Waals surface area contributed by atoms with Gasteiger partial charge < -0.3 is 19.4 Å². The highest BCUT2D eigenvalue weighted by Crippen LogP contribution is 2.29. The Hall–Kier alpha value is -3.28. The lowest BCUT2D eigenvalue weighted by atomic mass is 10.1. The zero-order valence-electron chi connectivity index (χ0n) is 17.5. The lowest BCUT2D eigenvalue weighted by Gasteiger charge is -2.22. The van der Waals surface area contributed by atoms with Gasteiger partial charge in [0.2, 0.25) is 0 Å². The first-order chi connectivity index (χ1) is 14.4. The average Bonchev–Trinajstić information content (AvgIpc) is 3.48. The molecule has 2 aromatic carbocycles. The molecule has 1 heterocycles. The molecule has 0 unspecified atom stereocenters. The fourth-order valence-electron chi connectivity index (χ4n) is 3.73. The van der Waals surface area contributed by atoms with Gasteiger partial charge in [-0.15, -0.1) is 0 Å². The minimum atomic E-state index is -0.517. The first-order valence-electron chi connectivity index (χ1n) is 10.1. The van der Waals surface area contributed by atoms with Gasteiger partial charge in [0.1, 0.15) is 11.4 Å². The van der Waals surface area contributed by atoms with Gasteiger partial charge in [0.25, 0.3) is 5.91 Å². The number of esters is 1. The molecule has 30 heavy (non-hydrogen) atoms. The molecule has 6 heteroatoms. The molecule has 0 spiro atoms. The van der Waals surface area contributed by atoms with Crippen LogP contribution < -0.4 is 4.74 Å². The van der Waals surface area contributed by atoms with Crippen molar-refractivity contribution in [3.8, 4) is 5.75 Å². The minimum Gasteiger partial charge on any atom is -0.497 e. The molecule has 0 saturated heterocycles. The van der Waals surface area contributed by atoms with Gasteiger partial charge in [-0.05, 0) is 67.6 Å². The number of aromatic nitrogens is 1. The van der Waals surface area contributed by atoms with Gasteiger partial charge in [-0.3, -0.25) is 4.79 Å². The maximum atomic E-state index is 12.8. The summed E-state index contributed by atoms with van der Waals surface area (Å²) in [7, 11) is 1.62. The number of fused-ring (bicyclic) bond motifs is 1. The van der Waals surface area contributed by atoms with Gasteiger partial charge in [0.15, 0.2) is 6.61 Å². The summed E-state index contributed by atoms with van der Waals surface area (Å²) in [5.74, 6) is 0.0855. The number of nitrogens with one attached hydrogen (secondary N) is 1. The van der Waals surface area contributed by atoms with Crippen LogP contribution >= 0.6 is 0 Å². The molecule has 6 nitrogen and oxygen atoms in total. The van der Waals surface area contributed by atoms with Crippen LogP contribution in [0.2, 0.25) is 0 Å². The quantitative estimate of drug-likeness (QED) is 0.599. The Balaban J connectivity index is 1.40. The summed E-state index contributed by atoms with van der Waals surface area (Å²) in [4.78, 5) is 30.2. The van der Waals surface area contributed by atoms with E-state index in [1.165, 1.54) is 0 Å². The van der Waals surface area contributed by atoms with Crippen LogP contribution in [0.5, 0.6) is 5.75 Å². The van der Waals surface area contributed by atoms with E-state index in [9.17, 15) is 9.59 Å². The highest BCUT2D eigenvalue weighted by molar-refractivity contribution is 5.97. The molecule has 0 bridgehead atoms. The summed E-state index contributed by atoms with van der Waals surface area (Å²) in [5, 5.41) is 0.984. The molecule has 3 aromatic rings. The van der Waals surface area contributed by atoms with Crippen LogP contribution in [0.15, 0.2) is 42.5 Å². The number of rotatable bonds is 7. The first-order valence-corrected chi connectivity index (χ1v) is 10.1. The van der Waals surface area contributed by atoms with Crippen LogP contribution in [0.1, 0.15) is 40.0 Å². The second kappa shape index (κ2) is 8.22. The summed E-state index contributed by atoms with van der Waals surface area (Å²) in [5.41, 5.74) is 4.49. The highest BCUT2D eigenvalue weighted by atomic mass is 16.5. The molecule has 156 valence electrons. The molecular weight excluding hydrogens is 380 g/mol. The zero-order valence-corrected chi connectivity index (χ0v) is 17.5. The average molecular weight is 406 g/mol. The third-order valence-electron chi connectivity index (χ3n) is 5.46. The number of nitrogens with zero attached hydrogens (tertiary/aromatic N) is 1. The van der Waals surface area contributed by atoms with Crippen LogP contribution in [0.3, 0.4) is 0 Å². The normalized spacial score (nSPS) is 13.3. The third kappa shape index (κ3) is 4.32. The second-order valence-corrected chi connectivity index (χ2v) is 7.90. The van der Waals surface area contributed by atoms with Gasteiger partial charge in [0, 0.05) is 23.5 Å². The van der Waals surface area contributed by atoms with Crippen molar-refractivity contribution < 1.29 is 19.1 Å². The number of aromatic amines is 1. The molecule has 4 rings (SSSR count). The van der Waals surface area contributed by atoms with Crippen molar-refractivity contribution in [2.24, 2.45) is 0 Å². The lowest BCUT2D eigenvalue weighted by molar-refractivity contribution is -0.135. The monoisotopic (exact) mass is 406 g/mol. The Morgan fingerprint density at radius 3 is 2.50 bits per heavy atom. The summed E-state index contributed by atoms with van der Waals surface area (Å²) in [6.45, 7) is 4.25. The van der Waals surface area contributed by atoms with Crippen LogP contribution in [0.4, 0.5) is 0 Å². The Labute approximate surface area is 175 Å². The number of hydrogen-bond acceptors (Lipinski definition) is 4. The largest absolute Gasteiger partial charge is 0.497 e. The Morgan fingerprint density at radius 2 is 1.83 bits per heavy atom. The number of H-pyrrole nitrogens is 1. The predicted molar refractivity (Wildman–Crippen MR) is 115 cm³/mol. The highest BCUT2D eigenvalue weighted by Gasteiger charge is 2.33. The van der Waals surface area contributed by atoms with Crippen molar-refractivity contribution in [2.45, 2.75) is 39.3 Å². The Kier molecular flexibility index (Phi) is 5.48. The molecule has 0 aliphatic heterocycles. The van der Waals surface area contributed by atoms with Crippen LogP contribution in [-0.2, 0) is 16.1 Å². The molecule has 1 fully saturated rings. The molecule has 0 atom stereocenters. The molecule has 1 aliphatic rings.